The molecule has 3 rings (SSSR count). The predicted octanol–water partition coefficient (Wildman–Crippen LogP) is 3.89. The number of aryl methyl sites for hydroxylation is 1. The molecule has 1 amide bonds. The Kier molecular flexibility index (Phi) is 5.88. The van der Waals surface area contributed by atoms with Crippen LogP contribution in [0.5, 0.6) is 0 Å². The summed E-state index contributed by atoms with van der Waals surface area (Å²) in [4.78, 5) is 17.8. The lowest BCUT2D eigenvalue weighted by molar-refractivity contribution is -0.120. The van der Waals surface area contributed by atoms with Gasteiger partial charge in [-0.25, -0.2) is 4.98 Å². The molecule has 0 aliphatic carbocycles. The van der Waals surface area contributed by atoms with Crippen LogP contribution >= 0.6 is 23.1 Å². The number of carbonyl (C=O) groups excluding carboxylic acids is 1. The summed E-state index contributed by atoms with van der Waals surface area (Å²) < 4.78 is 0. The predicted molar refractivity (Wildman–Crippen MR) is 103 cm³/mol. The number of hydrogen-bond donors (Lipinski definition) is 2. The van der Waals surface area contributed by atoms with Gasteiger partial charge in [0.05, 0.1) is 11.8 Å². The summed E-state index contributed by atoms with van der Waals surface area (Å²) in [6.07, 6.45) is 1.01. The second-order valence-corrected chi connectivity index (χ2v) is 7.91. The second kappa shape index (κ2) is 8.31. The molecule has 0 aliphatic heterocycles. The van der Waals surface area contributed by atoms with E-state index in [0.717, 1.165) is 22.7 Å². The molecule has 0 bridgehead atoms. The quantitative estimate of drug-likeness (QED) is 0.617. The van der Waals surface area contributed by atoms with Crippen molar-refractivity contribution >= 4 is 29.0 Å². The number of rotatable bonds is 7. The van der Waals surface area contributed by atoms with Crippen molar-refractivity contribution in [3.63, 3.8) is 0 Å². The van der Waals surface area contributed by atoms with Crippen LogP contribution in [0, 0.1) is 0 Å². The van der Waals surface area contributed by atoms with Crippen LogP contribution in [0.2, 0.25) is 0 Å². The Bertz CT molecular complexity index is 812. The van der Waals surface area contributed by atoms with Crippen LogP contribution < -0.4 is 5.32 Å². The van der Waals surface area contributed by atoms with Crippen molar-refractivity contribution in [1.29, 1.82) is 0 Å². The highest BCUT2D eigenvalue weighted by atomic mass is 32.2. The van der Waals surface area contributed by atoms with Crippen LogP contribution in [0.1, 0.15) is 24.3 Å². The Balaban J connectivity index is 1.57. The van der Waals surface area contributed by atoms with E-state index in [4.69, 9.17) is 0 Å². The van der Waals surface area contributed by atoms with E-state index in [2.05, 4.69) is 39.6 Å². The summed E-state index contributed by atoms with van der Waals surface area (Å²) >= 11 is 2.98. The van der Waals surface area contributed by atoms with Gasteiger partial charge in [0.2, 0.25) is 11.1 Å². The molecule has 2 aromatic heterocycles. The molecule has 1 aromatic carbocycles. The number of aromatic amines is 1. The zero-order valence-corrected chi connectivity index (χ0v) is 15.8. The maximum atomic E-state index is 12.2. The number of aromatic nitrogens is 3. The van der Waals surface area contributed by atoms with E-state index >= 15 is 0 Å². The maximum absolute atomic E-state index is 12.2. The highest BCUT2D eigenvalue weighted by Crippen LogP contribution is 2.23. The molecule has 5 nitrogen and oxygen atoms in total. The van der Waals surface area contributed by atoms with Gasteiger partial charge in [0, 0.05) is 10.4 Å². The Morgan fingerprint density at radius 3 is 2.80 bits per heavy atom. The third-order valence-electron chi connectivity index (χ3n) is 3.77. The zero-order chi connectivity index (χ0) is 17.6. The topological polar surface area (TPSA) is 70.7 Å². The maximum Gasteiger partial charge on any atom is 0.233 e. The van der Waals surface area contributed by atoms with E-state index < -0.39 is 0 Å². The van der Waals surface area contributed by atoms with Gasteiger partial charge in [-0.15, -0.1) is 16.4 Å². The van der Waals surface area contributed by atoms with E-state index in [1.165, 1.54) is 17.3 Å². The molecule has 7 heteroatoms. The summed E-state index contributed by atoms with van der Waals surface area (Å²) in [6, 6.07) is 12.2. The van der Waals surface area contributed by atoms with Gasteiger partial charge in [-0.05, 0) is 30.4 Å². The van der Waals surface area contributed by atoms with E-state index in [1.54, 1.807) is 11.3 Å². The van der Waals surface area contributed by atoms with Crippen LogP contribution in [-0.2, 0) is 17.8 Å². The van der Waals surface area contributed by atoms with Crippen molar-refractivity contribution in [3.8, 4) is 11.4 Å². The molecule has 2 heterocycles. The van der Waals surface area contributed by atoms with E-state index in [0.29, 0.717) is 11.7 Å². The molecule has 0 saturated carbocycles. The largest absolute Gasteiger partial charge is 0.350 e. The van der Waals surface area contributed by atoms with Crippen molar-refractivity contribution in [2.75, 3.05) is 0 Å². The molecule has 0 aliphatic rings. The third-order valence-corrected chi connectivity index (χ3v) is 5.61. The molecule has 25 heavy (non-hydrogen) atoms. The van der Waals surface area contributed by atoms with Crippen LogP contribution in [0.3, 0.4) is 0 Å². The van der Waals surface area contributed by atoms with Gasteiger partial charge < -0.3 is 5.32 Å². The minimum atomic E-state index is -0.258. The normalized spacial score (nSPS) is 12.1. The van der Waals surface area contributed by atoms with Gasteiger partial charge in [-0.1, -0.05) is 49.0 Å². The average molecular weight is 373 g/mol. The fourth-order valence-electron chi connectivity index (χ4n) is 2.27. The standard InChI is InChI=1S/C18H20N4OS2/c1-3-13-6-8-14(9-7-13)16-20-18(22-21-16)25-12(2)17(23)19-11-15-5-4-10-24-15/h4-10,12H,3,11H2,1-2H3,(H,19,23)(H,20,21,22)/t12-/m0/s1. The first-order chi connectivity index (χ1) is 12.2. The molecule has 0 unspecified atom stereocenters. The molecular weight excluding hydrogens is 352 g/mol. The van der Waals surface area contributed by atoms with E-state index in [9.17, 15) is 4.79 Å². The molecule has 3 aromatic rings. The van der Waals surface area contributed by atoms with Gasteiger partial charge in [0.25, 0.3) is 0 Å². The first kappa shape index (κ1) is 17.7. The van der Waals surface area contributed by atoms with Crippen molar-refractivity contribution in [1.82, 2.24) is 20.5 Å². The van der Waals surface area contributed by atoms with Crippen molar-refractivity contribution in [3.05, 3.63) is 52.2 Å². The highest BCUT2D eigenvalue weighted by molar-refractivity contribution is 8.00. The van der Waals surface area contributed by atoms with Gasteiger partial charge in [0.15, 0.2) is 5.82 Å². The summed E-state index contributed by atoms with van der Waals surface area (Å²) in [5.41, 5.74) is 2.28. The smallest absolute Gasteiger partial charge is 0.233 e. The third kappa shape index (κ3) is 4.70. The Morgan fingerprint density at radius 1 is 1.32 bits per heavy atom. The lowest BCUT2D eigenvalue weighted by Crippen LogP contribution is -2.30. The Labute approximate surface area is 155 Å². The fourth-order valence-corrected chi connectivity index (χ4v) is 3.66. The van der Waals surface area contributed by atoms with Crippen molar-refractivity contribution < 1.29 is 4.79 Å². The van der Waals surface area contributed by atoms with Gasteiger partial charge in [-0.2, -0.15) is 0 Å². The monoisotopic (exact) mass is 372 g/mol. The van der Waals surface area contributed by atoms with Crippen LogP contribution in [0.4, 0.5) is 0 Å². The van der Waals surface area contributed by atoms with Gasteiger partial charge in [-0.3, -0.25) is 9.89 Å². The first-order valence-electron chi connectivity index (χ1n) is 8.14. The molecule has 1 atom stereocenters. The molecule has 130 valence electrons. The lowest BCUT2D eigenvalue weighted by atomic mass is 10.1. The van der Waals surface area contributed by atoms with Crippen molar-refractivity contribution in [2.45, 2.75) is 37.2 Å². The number of hydrogen-bond acceptors (Lipinski definition) is 5. The average Bonchev–Trinajstić information content (AvgIpc) is 3.31. The first-order valence-corrected chi connectivity index (χ1v) is 9.90. The Hall–Kier alpha value is -2.12. The summed E-state index contributed by atoms with van der Waals surface area (Å²) in [5, 5.41) is 12.4. The number of nitrogens with zero attached hydrogens (tertiary/aromatic N) is 2. The SMILES string of the molecule is CCc1ccc(-c2nc(S[C@@H](C)C(=O)NCc3cccs3)n[nH]2)cc1. The molecule has 0 saturated heterocycles. The summed E-state index contributed by atoms with van der Waals surface area (Å²) in [6.45, 7) is 4.55. The van der Waals surface area contributed by atoms with Crippen LogP contribution in [-0.4, -0.2) is 26.3 Å². The molecule has 0 radical (unpaired) electrons. The summed E-state index contributed by atoms with van der Waals surface area (Å²) in [5.74, 6) is 0.702. The number of carbonyl (C=O) groups is 1. The number of thioether (sulfide) groups is 1. The number of H-pyrrole nitrogens is 1. The zero-order valence-electron chi connectivity index (χ0n) is 14.2. The molecule has 2 N–H and O–H groups in total. The Morgan fingerprint density at radius 2 is 2.12 bits per heavy atom. The number of benzene rings is 1. The van der Waals surface area contributed by atoms with Crippen molar-refractivity contribution in [2.24, 2.45) is 0 Å². The van der Waals surface area contributed by atoms with Crippen LogP contribution in [0.25, 0.3) is 11.4 Å². The minimum absolute atomic E-state index is 0.0166. The number of nitrogens with one attached hydrogen (secondary N) is 2. The number of thiophene rings is 1. The molecule has 0 spiro atoms. The molecule has 0 fully saturated rings. The molecular formula is C18H20N4OS2. The van der Waals surface area contributed by atoms with E-state index in [1.807, 2.05) is 36.6 Å². The van der Waals surface area contributed by atoms with Gasteiger partial charge in [0.1, 0.15) is 0 Å². The fraction of sp³-hybridized carbons (Fsp3) is 0.278. The van der Waals surface area contributed by atoms with Crippen LogP contribution in [0.15, 0.2) is 46.9 Å². The second-order valence-electron chi connectivity index (χ2n) is 5.57. The van der Waals surface area contributed by atoms with E-state index in [-0.39, 0.29) is 11.2 Å². The minimum Gasteiger partial charge on any atom is -0.350 e. The number of amides is 1. The van der Waals surface area contributed by atoms with Gasteiger partial charge >= 0.3 is 0 Å². The highest BCUT2D eigenvalue weighted by Gasteiger charge is 2.17. The lowest BCUT2D eigenvalue weighted by Gasteiger charge is -2.09. The summed E-state index contributed by atoms with van der Waals surface area (Å²) in [7, 11) is 0.